The van der Waals surface area contributed by atoms with Crippen LogP contribution >= 0.6 is 0 Å². The lowest BCUT2D eigenvalue weighted by molar-refractivity contribution is 0.0470. The Morgan fingerprint density at radius 3 is 2.69 bits per heavy atom. The highest BCUT2D eigenvalue weighted by Gasteiger charge is 2.32. The van der Waals surface area contributed by atoms with Crippen LogP contribution < -0.4 is 4.74 Å². The Balaban J connectivity index is 1.30. The Bertz CT molecular complexity index is 870. The van der Waals surface area contributed by atoms with Gasteiger partial charge in [0.15, 0.2) is 0 Å². The first-order chi connectivity index (χ1) is 12.8. The molecule has 0 atom stereocenters. The van der Waals surface area contributed by atoms with E-state index < -0.39 is 5.97 Å². The molecule has 0 N–H and O–H groups in total. The average Bonchev–Trinajstić information content (AvgIpc) is 3.42. The van der Waals surface area contributed by atoms with Gasteiger partial charge in [-0.2, -0.15) is 0 Å². The fourth-order valence-electron chi connectivity index (χ4n) is 2.61. The third kappa shape index (κ3) is 3.91. The Kier molecular flexibility index (Phi) is 4.64. The first-order valence-corrected chi connectivity index (χ1v) is 8.51. The zero-order chi connectivity index (χ0) is 17.8. The molecule has 1 aliphatic carbocycles. The smallest absolute Gasteiger partial charge is 0.343 e. The number of hydrogen-bond donors (Lipinski definition) is 0. The van der Waals surface area contributed by atoms with E-state index >= 15 is 0 Å². The summed E-state index contributed by atoms with van der Waals surface area (Å²) in [5, 5.41) is 3.91. The molecule has 6 nitrogen and oxygen atoms in total. The van der Waals surface area contributed by atoms with E-state index in [9.17, 15) is 4.79 Å². The molecule has 3 aromatic rings. The highest BCUT2D eigenvalue weighted by Crippen LogP contribution is 2.40. The molecule has 132 valence electrons. The summed E-state index contributed by atoms with van der Waals surface area (Å²) in [6.07, 6.45) is 6.97. The first kappa shape index (κ1) is 16.3. The Hall–Kier alpha value is -3.15. The summed E-state index contributed by atoms with van der Waals surface area (Å²) in [5.74, 6) is 0.691. The van der Waals surface area contributed by atoms with Crippen molar-refractivity contribution in [2.45, 2.75) is 32.0 Å². The summed E-state index contributed by atoms with van der Waals surface area (Å²) in [5.41, 5.74) is 3.04. The summed E-state index contributed by atoms with van der Waals surface area (Å²) in [4.78, 5) is 16.3. The highest BCUT2D eigenvalue weighted by atomic mass is 16.5. The molecule has 26 heavy (non-hydrogen) atoms. The van der Waals surface area contributed by atoms with Gasteiger partial charge < -0.3 is 14.0 Å². The standard InChI is InChI=1S/C20H18N2O4/c23-20(18-13-26-22-19(18)16-5-6-16)25-11-14-3-7-17(8-4-14)24-12-15-2-1-9-21-10-15/h1-4,7-10,13,16H,5-6,11-12H2. The Morgan fingerprint density at radius 1 is 1.12 bits per heavy atom. The van der Waals surface area contributed by atoms with Crippen LogP contribution in [0.1, 0.15) is 45.9 Å². The van der Waals surface area contributed by atoms with Crippen LogP contribution in [0.3, 0.4) is 0 Å². The van der Waals surface area contributed by atoms with Gasteiger partial charge in [-0.25, -0.2) is 4.79 Å². The van der Waals surface area contributed by atoms with Gasteiger partial charge in [0.2, 0.25) is 0 Å². The van der Waals surface area contributed by atoms with Crippen molar-refractivity contribution in [3.8, 4) is 5.75 Å². The second-order valence-electron chi connectivity index (χ2n) is 6.26. The molecule has 0 radical (unpaired) electrons. The lowest BCUT2D eigenvalue weighted by Crippen LogP contribution is -2.06. The van der Waals surface area contributed by atoms with Gasteiger partial charge in [0.25, 0.3) is 0 Å². The van der Waals surface area contributed by atoms with Crippen molar-refractivity contribution in [1.29, 1.82) is 0 Å². The van der Waals surface area contributed by atoms with Crippen molar-refractivity contribution in [2.24, 2.45) is 0 Å². The van der Waals surface area contributed by atoms with Gasteiger partial charge in [-0.15, -0.1) is 0 Å². The van der Waals surface area contributed by atoms with Crippen molar-refractivity contribution >= 4 is 5.97 Å². The molecule has 0 unspecified atom stereocenters. The molecule has 0 bridgehead atoms. The van der Waals surface area contributed by atoms with Crippen molar-refractivity contribution in [3.05, 3.63) is 77.4 Å². The number of nitrogens with zero attached hydrogens (tertiary/aromatic N) is 2. The van der Waals surface area contributed by atoms with Crippen molar-refractivity contribution in [2.75, 3.05) is 0 Å². The molecule has 2 heterocycles. The zero-order valence-electron chi connectivity index (χ0n) is 14.1. The van der Waals surface area contributed by atoms with Gasteiger partial charge in [-0.1, -0.05) is 23.4 Å². The molecule has 0 spiro atoms. The maximum absolute atomic E-state index is 12.2. The summed E-state index contributed by atoms with van der Waals surface area (Å²) in [6, 6.07) is 11.3. The number of carbonyl (C=O) groups is 1. The number of ether oxygens (including phenoxy) is 2. The third-order valence-corrected chi connectivity index (χ3v) is 4.20. The van der Waals surface area contributed by atoms with E-state index in [-0.39, 0.29) is 6.61 Å². The summed E-state index contributed by atoms with van der Waals surface area (Å²) in [6.45, 7) is 0.649. The van der Waals surface area contributed by atoms with Crippen LogP contribution in [0.5, 0.6) is 5.75 Å². The molecule has 1 aliphatic rings. The second kappa shape index (κ2) is 7.39. The van der Waals surface area contributed by atoms with E-state index in [0.29, 0.717) is 23.8 Å². The number of aromatic nitrogens is 2. The minimum Gasteiger partial charge on any atom is -0.489 e. The van der Waals surface area contributed by atoms with E-state index in [2.05, 4.69) is 10.1 Å². The topological polar surface area (TPSA) is 74.5 Å². The molecule has 6 heteroatoms. The predicted octanol–water partition coefficient (Wildman–Crippen LogP) is 3.88. The van der Waals surface area contributed by atoms with Gasteiger partial charge in [-0.05, 0) is 36.6 Å². The summed E-state index contributed by atoms with van der Waals surface area (Å²) < 4.78 is 16.0. The van der Waals surface area contributed by atoms with Crippen LogP contribution in [0.2, 0.25) is 0 Å². The quantitative estimate of drug-likeness (QED) is 0.602. The zero-order valence-corrected chi connectivity index (χ0v) is 14.1. The van der Waals surface area contributed by atoms with E-state index in [1.54, 1.807) is 12.4 Å². The van der Waals surface area contributed by atoms with Gasteiger partial charge in [0.1, 0.15) is 36.5 Å². The summed E-state index contributed by atoms with van der Waals surface area (Å²) in [7, 11) is 0. The number of carbonyl (C=O) groups excluding carboxylic acids is 1. The van der Waals surface area contributed by atoms with Crippen LogP contribution in [0, 0.1) is 0 Å². The SMILES string of the molecule is O=C(OCc1ccc(OCc2cccnc2)cc1)c1conc1C1CC1. The predicted molar refractivity (Wildman–Crippen MR) is 92.6 cm³/mol. The number of pyridine rings is 1. The van der Waals surface area contributed by atoms with Gasteiger partial charge in [-0.3, -0.25) is 4.98 Å². The van der Waals surface area contributed by atoms with Gasteiger partial charge in [0, 0.05) is 23.9 Å². The molecule has 4 rings (SSSR count). The Morgan fingerprint density at radius 2 is 1.96 bits per heavy atom. The summed E-state index contributed by atoms with van der Waals surface area (Å²) >= 11 is 0. The van der Waals surface area contributed by atoms with Crippen LogP contribution in [0.25, 0.3) is 0 Å². The van der Waals surface area contributed by atoms with Crippen LogP contribution in [0.15, 0.2) is 59.6 Å². The molecular weight excluding hydrogens is 332 g/mol. The Labute approximate surface area is 150 Å². The fourth-order valence-corrected chi connectivity index (χ4v) is 2.61. The van der Waals surface area contributed by atoms with Gasteiger partial charge in [0.05, 0.1) is 0 Å². The van der Waals surface area contributed by atoms with Crippen LogP contribution in [-0.2, 0) is 18.0 Å². The van der Waals surface area contributed by atoms with Gasteiger partial charge >= 0.3 is 5.97 Å². The maximum atomic E-state index is 12.2. The minimum atomic E-state index is -0.398. The molecule has 2 aromatic heterocycles. The van der Waals surface area contributed by atoms with E-state index in [4.69, 9.17) is 14.0 Å². The maximum Gasteiger partial charge on any atom is 0.343 e. The lowest BCUT2D eigenvalue weighted by Gasteiger charge is -2.08. The molecular formula is C20H18N2O4. The minimum absolute atomic E-state index is 0.191. The van der Waals surface area contributed by atoms with Crippen molar-refractivity contribution in [3.63, 3.8) is 0 Å². The number of rotatable bonds is 7. The molecule has 0 amide bonds. The molecule has 1 saturated carbocycles. The monoisotopic (exact) mass is 350 g/mol. The van der Waals surface area contributed by atoms with Crippen molar-refractivity contribution < 1.29 is 18.8 Å². The largest absolute Gasteiger partial charge is 0.489 e. The lowest BCUT2D eigenvalue weighted by atomic mass is 10.2. The fraction of sp³-hybridized carbons (Fsp3) is 0.250. The third-order valence-electron chi connectivity index (χ3n) is 4.20. The van der Waals surface area contributed by atoms with E-state index in [1.165, 1.54) is 6.26 Å². The number of hydrogen-bond acceptors (Lipinski definition) is 6. The normalized spacial score (nSPS) is 13.4. The molecule has 0 aliphatic heterocycles. The second-order valence-corrected chi connectivity index (χ2v) is 6.26. The number of esters is 1. The number of benzene rings is 1. The van der Waals surface area contributed by atoms with E-state index in [0.717, 1.165) is 29.7 Å². The highest BCUT2D eigenvalue weighted by molar-refractivity contribution is 5.90. The molecule has 1 aromatic carbocycles. The van der Waals surface area contributed by atoms with Crippen LogP contribution in [0.4, 0.5) is 0 Å². The van der Waals surface area contributed by atoms with E-state index in [1.807, 2.05) is 36.4 Å². The van der Waals surface area contributed by atoms with Crippen molar-refractivity contribution in [1.82, 2.24) is 10.1 Å². The molecule has 0 saturated heterocycles. The van der Waals surface area contributed by atoms with Crippen LogP contribution in [-0.4, -0.2) is 16.1 Å². The molecule has 1 fully saturated rings. The average molecular weight is 350 g/mol. The first-order valence-electron chi connectivity index (χ1n) is 8.51.